The van der Waals surface area contributed by atoms with Gasteiger partial charge in [-0.05, 0) is 25.0 Å². The number of benzene rings is 1. The Morgan fingerprint density at radius 2 is 2.06 bits per heavy atom. The topological polar surface area (TPSA) is 38.3 Å². The second-order valence-corrected chi connectivity index (χ2v) is 4.73. The molecule has 0 aliphatic carbocycles. The summed E-state index contributed by atoms with van der Waals surface area (Å²) in [5.41, 5.74) is -0.437. The van der Waals surface area contributed by atoms with Crippen LogP contribution >= 0.6 is 11.6 Å². The molecule has 5 heteroatoms. The van der Waals surface area contributed by atoms with Crippen LogP contribution in [-0.2, 0) is 4.74 Å². The lowest BCUT2D eigenvalue weighted by molar-refractivity contribution is 0.0432. The number of carbonyl (C=O) groups is 1. The molecule has 0 spiro atoms. The molecule has 0 aromatic heterocycles. The highest BCUT2D eigenvalue weighted by Gasteiger charge is 2.34. The molecule has 18 heavy (non-hydrogen) atoms. The Kier molecular flexibility index (Phi) is 4.19. The summed E-state index contributed by atoms with van der Waals surface area (Å²) in [6.45, 7) is 1.12. The van der Waals surface area contributed by atoms with Crippen LogP contribution in [0.1, 0.15) is 23.2 Å². The van der Waals surface area contributed by atoms with Crippen molar-refractivity contribution in [2.75, 3.05) is 19.1 Å². The van der Waals surface area contributed by atoms with E-state index in [2.05, 4.69) is 5.32 Å². The summed E-state index contributed by atoms with van der Waals surface area (Å²) in [5.74, 6) is -0.640. The van der Waals surface area contributed by atoms with Gasteiger partial charge in [-0.1, -0.05) is 12.1 Å². The molecule has 0 atom stereocenters. The van der Waals surface area contributed by atoms with Gasteiger partial charge in [0.15, 0.2) is 0 Å². The van der Waals surface area contributed by atoms with E-state index in [1.165, 1.54) is 12.1 Å². The number of alkyl halides is 1. The molecule has 1 aliphatic heterocycles. The van der Waals surface area contributed by atoms with E-state index in [1.807, 2.05) is 0 Å². The highest BCUT2D eigenvalue weighted by Crippen LogP contribution is 2.23. The average Bonchev–Trinajstić information content (AvgIpc) is 2.40. The Morgan fingerprint density at radius 3 is 2.67 bits per heavy atom. The van der Waals surface area contributed by atoms with Crippen molar-refractivity contribution in [3.8, 4) is 0 Å². The summed E-state index contributed by atoms with van der Waals surface area (Å²) in [7, 11) is 0. The van der Waals surface area contributed by atoms with Crippen molar-refractivity contribution in [1.82, 2.24) is 5.32 Å². The van der Waals surface area contributed by atoms with Crippen molar-refractivity contribution in [3.63, 3.8) is 0 Å². The number of nitrogens with one attached hydrogen (secondary N) is 1. The molecule has 1 aromatic carbocycles. The van der Waals surface area contributed by atoms with Crippen LogP contribution in [0, 0.1) is 5.82 Å². The quantitative estimate of drug-likeness (QED) is 0.857. The van der Waals surface area contributed by atoms with Gasteiger partial charge in [0.05, 0.1) is 11.1 Å². The summed E-state index contributed by atoms with van der Waals surface area (Å²) >= 11 is 5.94. The Labute approximate surface area is 110 Å². The van der Waals surface area contributed by atoms with Crippen molar-refractivity contribution < 1.29 is 13.9 Å². The lowest BCUT2D eigenvalue weighted by Gasteiger charge is -2.36. The average molecular weight is 272 g/mol. The zero-order valence-corrected chi connectivity index (χ0v) is 10.7. The zero-order valence-electron chi connectivity index (χ0n) is 9.92. The monoisotopic (exact) mass is 271 g/mol. The smallest absolute Gasteiger partial charge is 0.254 e. The molecule has 0 unspecified atom stereocenters. The van der Waals surface area contributed by atoms with Crippen molar-refractivity contribution in [2.45, 2.75) is 18.4 Å². The van der Waals surface area contributed by atoms with Crippen molar-refractivity contribution >= 4 is 17.5 Å². The third kappa shape index (κ3) is 2.82. The molecule has 2 rings (SSSR count). The first-order valence-electron chi connectivity index (χ1n) is 5.88. The van der Waals surface area contributed by atoms with Crippen LogP contribution in [0.4, 0.5) is 4.39 Å². The molecule has 1 aromatic rings. The predicted octanol–water partition coefficient (Wildman–Crippen LogP) is 2.34. The molecule has 1 amide bonds. The van der Waals surface area contributed by atoms with E-state index in [1.54, 1.807) is 12.1 Å². The van der Waals surface area contributed by atoms with Gasteiger partial charge in [0, 0.05) is 19.1 Å². The van der Waals surface area contributed by atoms with E-state index in [-0.39, 0.29) is 5.56 Å². The van der Waals surface area contributed by atoms with Crippen LogP contribution in [0.25, 0.3) is 0 Å². The maximum atomic E-state index is 13.5. The van der Waals surface area contributed by atoms with Gasteiger partial charge in [0.1, 0.15) is 5.82 Å². The van der Waals surface area contributed by atoms with Crippen LogP contribution < -0.4 is 5.32 Å². The summed E-state index contributed by atoms with van der Waals surface area (Å²) in [6, 6.07) is 5.92. The number of hydrogen-bond donors (Lipinski definition) is 1. The van der Waals surface area contributed by atoms with Gasteiger partial charge < -0.3 is 10.1 Å². The minimum atomic E-state index is -0.521. The fourth-order valence-corrected chi connectivity index (χ4v) is 2.34. The largest absolute Gasteiger partial charge is 0.381 e. The molecule has 1 heterocycles. The molecule has 0 bridgehead atoms. The van der Waals surface area contributed by atoms with E-state index in [9.17, 15) is 9.18 Å². The lowest BCUT2D eigenvalue weighted by Crippen LogP contribution is -2.53. The fraction of sp³-hybridized carbons (Fsp3) is 0.462. The van der Waals surface area contributed by atoms with Gasteiger partial charge in [0.25, 0.3) is 5.91 Å². The minimum Gasteiger partial charge on any atom is -0.381 e. The Balaban J connectivity index is 2.13. The van der Waals surface area contributed by atoms with E-state index < -0.39 is 17.3 Å². The number of hydrogen-bond acceptors (Lipinski definition) is 2. The van der Waals surface area contributed by atoms with E-state index >= 15 is 0 Å². The van der Waals surface area contributed by atoms with Gasteiger partial charge in [-0.25, -0.2) is 4.39 Å². The second-order valence-electron chi connectivity index (χ2n) is 4.46. The number of carbonyl (C=O) groups excluding carboxylic acids is 1. The molecule has 98 valence electrons. The first-order chi connectivity index (χ1) is 8.67. The lowest BCUT2D eigenvalue weighted by atomic mass is 9.92. The van der Waals surface area contributed by atoms with Gasteiger partial charge in [-0.2, -0.15) is 0 Å². The van der Waals surface area contributed by atoms with E-state index in [0.29, 0.717) is 31.9 Å². The van der Waals surface area contributed by atoms with Crippen LogP contribution in [0.5, 0.6) is 0 Å². The third-order valence-corrected chi connectivity index (χ3v) is 3.71. The summed E-state index contributed by atoms with van der Waals surface area (Å²) in [6.07, 6.45) is 1.30. The Morgan fingerprint density at radius 1 is 1.39 bits per heavy atom. The van der Waals surface area contributed by atoms with Gasteiger partial charge in [-0.3, -0.25) is 4.79 Å². The molecule has 0 saturated carbocycles. The van der Waals surface area contributed by atoms with Crippen LogP contribution in [0.2, 0.25) is 0 Å². The summed E-state index contributed by atoms with van der Waals surface area (Å²) < 4.78 is 18.8. The van der Waals surface area contributed by atoms with Crippen LogP contribution in [0.15, 0.2) is 24.3 Å². The van der Waals surface area contributed by atoms with Crippen molar-refractivity contribution in [1.29, 1.82) is 0 Å². The standard InChI is InChI=1S/C13H15ClFNO2/c14-9-13(5-7-18-8-6-13)16-12(17)10-3-1-2-4-11(10)15/h1-4H,5-9H2,(H,16,17). The molecule has 1 aliphatic rings. The molecule has 3 nitrogen and oxygen atoms in total. The maximum Gasteiger partial charge on any atom is 0.254 e. The van der Waals surface area contributed by atoms with E-state index in [0.717, 1.165) is 0 Å². The van der Waals surface area contributed by atoms with E-state index in [4.69, 9.17) is 16.3 Å². The summed E-state index contributed by atoms with van der Waals surface area (Å²) in [4.78, 5) is 12.0. The predicted molar refractivity (Wildman–Crippen MR) is 67.4 cm³/mol. The SMILES string of the molecule is O=C(NC1(CCl)CCOCC1)c1ccccc1F. The Hall–Kier alpha value is -1.13. The third-order valence-electron chi connectivity index (χ3n) is 3.20. The van der Waals surface area contributed by atoms with Crippen molar-refractivity contribution in [2.24, 2.45) is 0 Å². The van der Waals surface area contributed by atoms with Gasteiger partial charge >= 0.3 is 0 Å². The molecule has 0 radical (unpaired) electrons. The van der Waals surface area contributed by atoms with Gasteiger partial charge in [-0.15, -0.1) is 11.6 Å². The Bertz CT molecular complexity index is 433. The molecule has 1 saturated heterocycles. The molecule has 1 N–H and O–H groups in total. The molecule has 1 fully saturated rings. The second kappa shape index (κ2) is 5.67. The van der Waals surface area contributed by atoms with Crippen LogP contribution in [-0.4, -0.2) is 30.5 Å². The first-order valence-corrected chi connectivity index (χ1v) is 6.41. The van der Waals surface area contributed by atoms with Crippen LogP contribution in [0.3, 0.4) is 0 Å². The number of halogens is 2. The normalized spacial score (nSPS) is 18.3. The zero-order chi connectivity index (χ0) is 13.0. The highest BCUT2D eigenvalue weighted by molar-refractivity contribution is 6.19. The minimum absolute atomic E-state index is 0.0495. The summed E-state index contributed by atoms with van der Waals surface area (Å²) in [5, 5.41) is 2.85. The molecular formula is C13H15ClFNO2. The van der Waals surface area contributed by atoms with Gasteiger partial charge in [0.2, 0.25) is 0 Å². The number of rotatable bonds is 3. The van der Waals surface area contributed by atoms with Crippen molar-refractivity contribution in [3.05, 3.63) is 35.6 Å². The molecular weight excluding hydrogens is 257 g/mol. The first kappa shape index (κ1) is 13.3. The number of ether oxygens (including phenoxy) is 1. The maximum absolute atomic E-state index is 13.5. The fourth-order valence-electron chi connectivity index (χ4n) is 2.01. The highest BCUT2D eigenvalue weighted by atomic mass is 35.5. The number of amides is 1.